The highest BCUT2D eigenvalue weighted by molar-refractivity contribution is 5.70. The molecule has 2 N–H and O–H groups in total. The van der Waals surface area contributed by atoms with Crippen LogP contribution in [0.1, 0.15) is 11.1 Å². The third-order valence-electron chi connectivity index (χ3n) is 2.86. The number of aromatic nitrogens is 2. The molecule has 5 nitrogen and oxygen atoms in total. The molecule has 5 heteroatoms. The third-order valence-corrected chi connectivity index (χ3v) is 2.86. The molecule has 0 bridgehead atoms. The molecule has 2 aromatic rings. The number of rotatable bonds is 4. The van der Waals surface area contributed by atoms with E-state index in [1.807, 2.05) is 6.07 Å². The van der Waals surface area contributed by atoms with Gasteiger partial charge in [0.25, 0.3) is 0 Å². The van der Waals surface area contributed by atoms with Crippen molar-refractivity contribution in [2.45, 2.75) is 13.0 Å². The van der Waals surface area contributed by atoms with Crippen LogP contribution in [0.3, 0.4) is 0 Å². The van der Waals surface area contributed by atoms with E-state index in [0.29, 0.717) is 22.8 Å². The first-order chi connectivity index (χ1) is 8.97. The molecule has 0 aliphatic heterocycles. The summed E-state index contributed by atoms with van der Waals surface area (Å²) in [6.07, 6.45) is -0.0340. The summed E-state index contributed by atoms with van der Waals surface area (Å²) in [4.78, 5) is 24.9. The van der Waals surface area contributed by atoms with Crippen LogP contribution in [-0.4, -0.2) is 20.6 Å². The number of H-pyrrole nitrogens is 1. The second-order valence-corrected chi connectivity index (χ2v) is 4.33. The van der Waals surface area contributed by atoms with Crippen molar-refractivity contribution in [1.29, 1.82) is 0 Å². The summed E-state index contributed by atoms with van der Waals surface area (Å²) in [6, 6.07) is 7.14. The molecule has 0 atom stereocenters. The summed E-state index contributed by atoms with van der Waals surface area (Å²) < 4.78 is 1.47. The van der Waals surface area contributed by atoms with E-state index in [2.05, 4.69) is 18.1 Å². The fourth-order valence-electron chi connectivity index (χ4n) is 1.92. The Bertz CT molecular complexity index is 771. The van der Waals surface area contributed by atoms with Gasteiger partial charge in [-0.25, -0.2) is 4.79 Å². The van der Waals surface area contributed by atoms with E-state index in [0.717, 1.165) is 5.56 Å². The molecule has 2 rings (SSSR count). The molecule has 19 heavy (non-hydrogen) atoms. The number of carbonyl (C=O) groups is 1. The molecule has 0 aliphatic rings. The van der Waals surface area contributed by atoms with E-state index in [4.69, 9.17) is 5.11 Å². The Morgan fingerprint density at radius 3 is 2.58 bits per heavy atom. The lowest BCUT2D eigenvalue weighted by molar-refractivity contribution is -0.136. The summed E-state index contributed by atoms with van der Waals surface area (Å²) in [7, 11) is 0. The van der Waals surface area contributed by atoms with Gasteiger partial charge in [0.2, 0.25) is 0 Å². The number of carboxylic acids is 1. The largest absolute Gasteiger partial charge is 0.481 e. The maximum absolute atomic E-state index is 11.7. The molecule has 0 aliphatic carbocycles. The number of benzene rings is 1. The van der Waals surface area contributed by atoms with Crippen LogP contribution in [0.15, 0.2) is 29.1 Å². The molecule has 0 saturated heterocycles. The standard InChI is InChI=1S/C14H14N2O3/c1-9-10(2)16(14(19)15-9)8-12-5-3-4-11(6-12)7-13(17)18/h3-6H,1-2,7-8H2,(H,15,19)(H,17,18). The zero-order chi connectivity index (χ0) is 14.0. The molecule has 0 spiro atoms. The molecule has 0 amide bonds. The van der Waals surface area contributed by atoms with Crippen molar-refractivity contribution >= 4 is 19.1 Å². The number of carboxylic acid groups (broad SMARTS) is 1. The zero-order valence-corrected chi connectivity index (χ0v) is 10.3. The van der Waals surface area contributed by atoms with Crippen molar-refractivity contribution in [2.75, 3.05) is 0 Å². The highest BCUT2D eigenvalue weighted by atomic mass is 16.4. The van der Waals surface area contributed by atoms with Gasteiger partial charge in [0.05, 0.1) is 23.7 Å². The Hall–Kier alpha value is -2.56. The van der Waals surface area contributed by atoms with Crippen LogP contribution in [0, 0.1) is 0 Å². The molecular weight excluding hydrogens is 244 g/mol. The number of imidazole rings is 1. The van der Waals surface area contributed by atoms with Crippen molar-refractivity contribution in [3.63, 3.8) is 0 Å². The SMILES string of the molecule is C=c1[nH]c(=O)n(Cc2cccc(CC(=O)O)c2)c1=C. The minimum absolute atomic E-state index is 0.0340. The number of aromatic amines is 1. The van der Waals surface area contributed by atoms with Gasteiger partial charge < -0.3 is 10.1 Å². The second-order valence-electron chi connectivity index (χ2n) is 4.33. The Balaban J connectivity index is 2.33. The van der Waals surface area contributed by atoms with Crippen molar-refractivity contribution < 1.29 is 9.90 Å². The topological polar surface area (TPSA) is 75.1 Å². The van der Waals surface area contributed by atoms with Crippen LogP contribution in [-0.2, 0) is 17.8 Å². The molecule has 1 aromatic carbocycles. The molecule has 0 unspecified atom stereocenters. The molecule has 0 fully saturated rings. The van der Waals surface area contributed by atoms with Gasteiger partial charge in [-0.15, -0.1) is 0 Å². The van der Waals surface area contributed by atoms with Crippen LogP contribution in [0.2, 0.25) is 0 Å². The number of aliphatic carboxylic acids is 1. The zero-order valence-electron chi connectivity index (χ0n) is 10.3. The van der Waals surface area contributed by atoms with Crippen LogP contribution in [0.25, 0.3) is 13.2 Å². The fraction of sp³-hybridized carbons (Fsp3) is 0.143. The van der Waals surface area contributed by atoms with Crippen molar-refractivity contribution in [3.05, 3.63) is 56.6 Å². The van der Waals surface area contributed by atoms with Gasteiger partial charge in [0.15, 0.2) is 0 Å². The van der Waals surface area contributed by atoms with E-state index < -0.39 is 5.97 Å². The summed E-state index contributed by atoms with van der Waals surface area (Å²) >= 11 is 0. The Morgan fingerprint density at radius 2 is 2.00 bits per heavy atom. The minimum atomic E-state index is -0.881. The number of hydrogen-bond acceptors (Lipinski definition) is 2. The summed E-state index contributed by atoms with van der Waals surface area (Å²) in [5.41, 5.74) is 1.29. The third kappa shape index (κ3) is 2.82. The van der Waals surface area contributed by atoms with Crippen molar-refractivity contribution in [3.8, 4) is 0 Å². The number of hydrogen-bond donors (Lipinski definition) is 2. The van der Waals surface area contributed by atoms with E-state index >= 15 is 0 Å². The van der Waals surface area contributed by atoms with Crippen molar-refractivity contribution in [1.82, 2.24) is 9.55 Å². The first-order valence-electron chi connectivity index (χ1n) is 5.73. The molecule has 1 aromatic heterocycles. The fourth-order valence-corrected chi connectivity index (χ4v) is 1.92. The quantitative estimate of drug-likeness (QED) is 0.788. The molecule has 98 valence electrons. The van der Waals surface area contributed by atoms with Gasteiger partial charge in [0, 0.05) is 0 Å². The smallest absolute Gasteiger partial charge is 0.326 e. The van der Waals surface area contributed by atoms with E-state index in [1.165, 1.54) is 4.57 Å². The normalized spacial score (nSPS) is 10.5. The average molecular weight is 258 g/mol. The van der Waals surface area contributed by atoms with E-state index in [-0.39, 0.29) is 12.1 Å². The molecule has 0 saturated carbocycles. The average Bonchev–Trinajstić information content (AvgIpc) is 2.56. The first-order valence-corrected chi connectivity index (χ1v) is 5.73. The van der Waals surface area contributed by atoms with Gasteiger partial charge in [-0.2, -0.15) is 0 Å². The maximum Gasteiger partial charge on any atom is 0.326 e. The first kappa shape index (κ1) is 12.9. The molecule has 0 radical (unpaired) electrons. The molecular formula is C14H14N2O3. The Kier molecular flexibility index (Phi) is 3.37. The number of nitrogens with one attached hydrogen (secondary N) is 1. The van der Waals surface area contributed by atoms with Gasteiger partial charge >= 0.3 is 11.7 Å². The van der Waals surface area contributed by atoms with Crippen LogP contribution < -0.4 is 16.4 Å². The van der Waals surface area contributed by atoms with E-state index in [1.54, 1.807) is 18.2 Å². The van der Waals surface area contributed by atoms with Gasteiger partial charge in [-0.3, -0.25) is 9.36 Å². The molecule has 1 heterocycles. The lowest BCUT2D eigenvalue weighted by Gasteiger charge is -2.04. The predicted molar refractivity (Wildman–Crippen MR) is 72.2 cm³/mol. The highest BCUT2D eigenvalue weighted by Gasteiger charge is 2.04. The maximum atomic E-state index is 11.7. The van der Waals surface area contributed by atoms with E-state index in [9.17, 15) is 9.59 Å². The number of nitrogens with zero attached hydrogens (tertiary/aromatic N) is 1. The predicted octanol–water partition coefficient (Wildman–Crippen LogP) is -0.328. The van der Waals surface area contributed by atoms with Crippen molar-refractivity contribution in [2.24, 2.45) is 0 Å². The lowest BCUT2D eigenvalue weighted by Crippen LogP contribution is -2.30. The van der Waals surface area contributed by atoms with Gasteiger partial charge in [-0.1, -0.05) is 37.4 Å². The van der Waals surface area contributed by atoms with Gasteiger partial charge in [0.1, 0.15) is 0 Å². The van der Waals surface area contributed by atoms with Crippen LogP contribution in [0.5, 0.6) is 0 Å². The van der Waals surface area contributed by atoms with Crippen LogP contribution >= 0.6 is 0 Å². The highest BCUT2D eigenvalue weighted by Crippen LogP contribution is 2.06. The monoisotopic (exact) mass is 258 g/mol. The second kappa shape index (κ2) is 4.97. The summed E-state index contributed by atoms with van der Waals surface area (Å²) in [5, 5.41) is 9.79. The Morgan fingerprint density at radius 1 is 1.32 bits per heavy atom. The Labute approximate surface area is 109 Å². The van der Waals surface area contributed by atoms with Crippen LogP contribution in [0.4, 0.5) is 0 Å². The van der Waals surface area contributed by atoms with Gasteiger partial charge in [-0.05, 0) is 11.1 Å². The lowest BCUT2D eigenvalue weighted by atomic mass is 10.1. The minimum Gasteiger partial charge on any atom is -0.481 e. The summed E-state index contributed by atoms with van der Waals surface area (Å²) in [5.74, 6) is -0.881. The summed E-state index contributed by atoms with van der Waals surface area (Å²) in [6.45, 7) is 7.81.